The Bertz CT molecular complexity index is 781. The van der Waals surface area contributed by atoms with E-state index in [2.05, 4.69) is 0 Å². The monoisotopic (exact) mass is 372 g/mol. The molecule has 1 heterocycles. The molecule has 0 spiro atoms. The van der Waals surface area contributed by atoms with Crippen molar-refractivity contribution in [2.75, 3.05) is 26.6 Å². The number of carbonyl (C=O) groups excluding carboxylic acids is 1. The van der Waals surface area contributed by atoms with E-state index in [4.69, 9.17) is 18.9 Å². The summed E-state index contributed by atoms with van der Waals surface area (Å²) in [6.07, 6.45) is 5.08. The first-order chi connectivity index (χ1) is 12.7. The molecule has 26 heavy (non-hydrogen) atoms. The second-order valence-corrected chi connectivity index (χ2v) is 6.42. The van der Waals surface area contributed by atoms with Crippen LogP contribution in [0.4, 0.5) is 0 Å². The highest BCUT2D eigenvalue weighted by molar-refractivity contribution is 7.98. The van der Waals surface area contributed by atoms with Gasteiger partial charge in [0.25, 0.3) is 0 Å². The summed E-state index contributed by atoms with van der Waals surface area (Å²) in [7, 11) is 1.57. The van der Waals surface area contributed by atoms with Crippen molar-refractivity contribution in [1.29, 1.82) is 0 Å². The molecule has 0 N–H and O–H groups in total. The number of rotatable bonds is 6. The van der Waals surface area contributed by atoms with Crippen molar-refractivity contribution < 1.29 is 23.7 Å². The summed E-state index contributed by atoms with van der Waals surface area (Å²) >= 11 is 1.67. The minimum atomic E-state index is -0.409. The van der Waals surface area contributed by atoms with Gasteiger partial charge in [0, 0.05) is 11.0 Å². The van der Waals surface area contributed by atoms with Gasteiger partial charge in [-0.1, -0.05) is 12.1 Å². The van der Waals surface area contributed by atoms with Gasteiger partial charge in [0.2, 0.25) is 5.75 Å². The minimum Gasteiger partial charge on any atom is -0.493 e. The third-order valence-corrected chi connectivity index (χ3v) is 4.55. The SMILES string of the molecule is COc1cc(/C=C/C(=O)OCc2ccc(SC)cc2)cc2c1OCCO2. The number of hydrogen-bond donors (Lipinski definition) is 0. The van der Waals surface area contributed by atoms with E-state index in [0.717, 1.165) is 11.1 Å². The molecule has 0 aromatic heterocycles. The minimum absolute atomic E-state index is 0.238. The van der Waals surface area contributed by atoms with Crippen molar-refractivity contribution in [3.8, 4) is 17.2 Å². The summed E-state index contributed by atoms with van der Waals surface area (Å²) < 4.78 is 21.7. The van der Waals surface area contributed by atoms with E-state index in [0.29, 0.717) is 30.5 Å². The Balaban J connectivity index is 1.62. The van der Waals surface area contributed by atoms with Crippen molar-refractivity contribution in [1.82, 2.24) is 0 Å². The number of hydrogen-bond acceptors (Lipinski definition) is 6. The maximum absolute atomic E-state index is 12.0. The molecule has 136 valence electrons. The summed E-state index contributed by atoms with van der Waals surface area (Å²) in [6.45, 7) is 1.21. The molecule has 0 fully saturated rings. The van der Waals surface area contributed by atoms with Crippen LogP contribution >= 0.6 is 11.8 Å². The van der Waals surface area contributed by atoms with Crippen molar-refractivity contribution in [2.24, 2.45) is 0 Å². The number of methoxy groups -OCH3 is 1. The van der Waals surface area contributed by atoms with Crippen LogP contribution in [-0.2, 0) is 16.1 Å². The topological polar surface area (TPSA) is 54.0 Å². The van der Waals surface area contributed by atoms with Crippen LogP contribution in [0.1, 0.15) is 11.1 Å². The number of fused-ring (bicyclic) bond motifs is 1. The Morgan fingerprint density at radius 2 is 1.96 bits per heavy atom. The van der Waals surface area contributed by atoms with Crippen LogP contribution in [0.5, 0.6) is 17.2 Å². The largest absolute Gasteiger partial charge is 0.493 e. The highest BCUT2D eigenvalue weighted by atomic mass is 32.2. The van der Waals surface area contributed by atoms with Gasteiger partial charge >= 0.3 is 5.97 Å². The van der Waals surface area contributed by atoms with Crippen LogP contribution in [0.25, 0.3) is 6.08 Å². The third kappa shape index (κ3) is 4.52. The molecule has 2 aromatic carbocycles. The molecule has 3 rings (SSSR count). The number of esters is 1. The lowest BCUT2D eigenvalue weighted by atomic mass is 10.1. The average molecular weight is 372 g/mol. The molecule has 6 heteroatoms. The van der Waals surface area contributed by atoms with Crippen LogP contribution in [0.15, 0.2) is 47.4 Å². The van der Waals surface area contributed by atoms with Crippen molar-refractivity contribution in [2.45, 2.75) is 11.5 Å². The van der Waals surface area contributed by atoms with Crippen molar-refractivity contribution in [3.05, 3.63) is 53.6 Å². The molecule has 0 radical (unpaired) electrons. The van der Waals surface area contributed by atoms with Gasteiger partial charge in [-0.3, -0.25) is 0 Å². The summed E-state index contributed by atoms with van der Waals surface area (Å²) in [5, 5.41) is 0. The zero-order valence-corrected chi connectivity index (χ0v) is 15.5. The van der Waals surface area contributed by atoms with E-state index in [-0.39, 0.29) is 6.61 Å². The number of ether oxygens (including phenoxy) is 4. The maximum atomic E-state index is 12.0. The van der Waals surface area contributed by atoms with Crippen LogP contribution in [0.2, 0.25) is 0 Å². The lowest BCUT2D eigenvalue weighted by molar-refractivity contribution is -0.138. The summed E-state index contributed by atoms with van der Waals surface area (Å²) in [5.74, 6) is 1.36. The molecule has 0 unspecified atom stereocenters. The van der Waals surface area contributed by atoms with E-state index in [9.17, 15) is 4.79 Å². The first kappa shape index (κ1) is 18.2. The first-order valence-electron chi connectivity index (χ1n) is 8.15. The van der Waals surface area contributed by atoms with Gasteiger partial charge in [-0.05, 0) is 47.7 Å². The first-order valence-corrected chi connectivity index (χ1v) is 9.37. The Labute approximate surface area is 156 Å². The number of carbonyl (C=O) groups is 1. The van der Waals surface area contributed by atoms with Gasteiger partial charge < -0.3 is 18.9 Å². The molecule has 0 atom stereocenters. The third-order valence-electron chi connectivity index (χ3n) is 3.80. The van der Waals surface area contributed by atoms with E-state index in [1.54, 1.807) is 31.0 Å². The van der Waals surface area contributed by atoms with E-state index < -0.39 is 5.97 Å². The smallest absolute Gasteiger partial charge is 0.331 e. The van der Waals surface area contributed by atoms with Crippen molar-refractivity contribution in [3.63, 3.8) is 0 Å². The highest BCUT2D eigenvalue weighted by Gasteiger charge is 2.17. The molecule has 1 aliphatic heterocycles. The molecule has 0 saturated heterocycles. The Hall–Kier alpha value is -2.60. The van der Waals surface area contributed by atoms with Crippen LogP contribution < -0.4 is 14.2 Å². The summed E-state index contributed by atoms with van der Waals surface area (Å²) in [6, 6.07) is 11.5. The van der Waals surface area contributed by atoms with Gasteiger partial charge in [0.1, 0.15) is 19.8 Å². The predicted molar refractivity (Wildman–Crippen MR) is 101 cm³/mol. The van der Waals surface area contributed by atoms with Crippen LogP contribution in [-0.4, -0.2) is 32.5 Å². The lowest BCUT2D eigenvalue weighted by Crippen LogP contribution is -2.16. The molecule has 2 aromatic rings. The molecule has 0 aliphatic carbocycles. The second-order valence-electron chi connectivity index (χ2n) is 5.54. The Morgan fingerprint density at radius 3 is 2.69 bits per heavy atom. The van der Waals surface area contributed by atoms with Gasteiger partial charge in [0.15, 0.2) is 11.5 Å². The molecular formula is C20H20O5S. The molecule has 5 nitrogen and oxygen atoms in total. The zero-order chi connectivity index (χ0) is 18.4. The fourth-order valence-corrected chi connectivity index (χ4v) is 2.89. The van der Waals surface area contributed by atoms with Crippen LogP contribution in [0, 0.1) is 0 Å². The van der Waals surface area contributed by atoms with E-state index in [1.807, 2.05) is 36.6 Å². The van der Waals surface area contributed by atoms with Gasteiger partial charge in [-0.15, -0.1) is 11.8 Å². The molecule has 1 aliphatic rings. The molecular weight excluding hydrogens is 352 g/mol. The highest BCUT2D eigenvalue weighted by Crippen LogP contribution is 2.40. The molecule has 0 amide bonds. The predicted octanol–water partition coefficient (Wildman–Crippen LogP) is 3.94. The quantitative estimate of drug-likeness (QED) is 0.435. The summed E-state index contributed by atoms with van der Waals surface area (Å²) in [4.78, 5) is 13.1. The second kappa shape index (κ2) is 8.67. The molecule has 0 saturated carbocycles. The maximum Gasteiger partial charge on any atom is 0.331 e. The van der Waals surface area contributed by atoms with Crippen molar-refractivity contribution >= 4 is 23.8 Å². The summed E-state index contributed by atoms with van der Waals surface area (Å²) in [5.41, 5.74) is 1.72. The standard InChI is InChI=1S/C20H20O5S/c1-22-17-11-15(12-18-20(17)24-10-9-23-18)5-8-19(21)25-13-14-3-6-16(26-2)7-4-14/h3-8,11-12H,9-10,13H2,1-2H3/b8-5+. The van der Waals surface area contributed by atoms with Gasteiger partial charge in [-0.2, -0.15) is 0 Å². The van der Waals surface area contributed by atoms with E-state index in [1.165, 1.54) is 11.0 Å². The van der Waals surface area contributed by atoms with Crippen LogP contribution in [0.3, 0.4) is 0 Å². The lowest BCUT2D eigenvalue weighted by Gasteiger charge is -2.20. The fraction of sp³-hybridized carbons (Fsp3) is 0.250. The molecule has 0 bridgehead atoms. The number of benzene rings is 2. The van der Waals surface area contributed by atoms with E-state index >= 15 is 0 Å². The fourth-order valence-electron chi connectivity index (χ4n) is 2.48. The Morgan fingerprint density at radius 1 is 1.19 bits per heavy atom. The average Bonchev–Trinajstić information content (AvgIpc) is 2.70. The zero-order valence-electron chi connectivity index (χ0n) is 14.7. The Kier molecular flexibility index (Phi) is 6.07. The number of thioether (sulfide) groups is 1. The van der Waals surface area contributed by atoms with Gasteiger partial charge in [0.05, 0.1) is 7.11 Å². The normalized spacial score (nSPS) is 12.8. The van der Waals surface area contributed by atoms with Gasteiger partial charge in [-0.25, -0.2) is 4.79 Å².